The monoisotopic (exact) mass is 391 g/mol. The van der Waals surface area contributed by atoms with E-state index in [-0.39, 0.29) is 29.9 Å². The highest BCUT2D eigenvalue weighted by Crippen LogP contribution is 2.20. The Morgan fingerprint density at radius 3 is 2.96 bits per heavy atom. The SMILES string of the molecule is COC(=O)CNC(=O)CSc1nc2ccccc2c(=O)n1CC1CCCO1. The first-order valence-electron chi connectivity index (χ1n) is 8.66. The van der Waals surface area contributed by atoms with Crippen LogP contribution in [-0.2, 0) is 25.6 Å². The number of benzene rings is 1. The summed E-state index contributed by atoms with van der Waals surface area (Å²) in [6.45, 7) is 0.908. The summed E-state index contributed by atoms with van der Waals surface area (Å²) < 4.78 is 11.7. The van der Waals surface area contributed by atoms with Gasteiger partial charge in [0, 0.05) is 6.61 Å². The van der Waals surface area contributed by atoms with Crippen molar-refractivity contribution in [2.45, 2.75) is 30.6 Å². The minimum atomic E-state index is -0.521. The normalized spacial score (nSPS) is 16.4. The minimum Gasteiger partial charge on any atom is -0.468 e. The Balaban J connectivity index is 1.80. The summed E-state index contributed by atoms with van der Waals surface area (Å²) in [7, 11) is 1.26. The largest absolute Gasteiger partial charge is 0.468 e. The molecule has 1 saturated heterocycles. The molecule has 8 nitrogen and oxygen atoms in total. The van der Waals surface area contributed by atoms with Crippen LogP contribution in [0.4, 0.5) is 0 Å². The number of rotatable bonds is 7. The second kappa shape index (κ2) is 9.01. The molecular formula is C18H21N3O5S. The Labute approximate surface area is 160 Å². The maximum Gasteiger partial charge on any atom is 0.325 e. The van der Waals surface area contributed by atoms with Crippen LogP contribution in [0.3, 0.4) is 0 Å². The molecule has 1 fully saturated rings. The molecule has 9 heteroatoms. The molecule has 3 rings (SSSR count). The first-order chi connectivity index (χ1) is 13.1. The molecule has 1 aromatic carbocycles. The molecule has 1 aromatic heterocycles. The fraction of sp³-hybridized carbons (Fsp3) is 0.444. The highest BCUT2D eigenvalue weighted by molar-refractivity contribution is 7.99. The van der Waals surface area contributed by atoms with Gasteiger partial charge in [0.05, 0.1) is 36.4 Å². The van der Waals surface area contributed by atoms with E-state index < -0.39 is 5.97 Å². The molecular weight excluding hydrogens is 370 g/mol. The molecule has 0 bridgehead atoms. The van der Waals surface area contributed by atoms with Gasteiger partial charge in [0.15, 0.2) is 5.16 Å². The number of hydrogen-bond acceptors (Lipinski definition) is 7. The predicted molar refractivity (Wildman–Crippen MR) is 101 cm³/mol. The number of nitrogens with zero attached hydrogens (tertiary/aromatic N) is 2. The standard InChI is InChI=1S/C18H21N3O5S/c1-25-16(23)9-19-15(22)11-27-18-20-14-7-3-2-6-13(14)17(24)21(18)10-12-5-4-8-26-12/h2-3,6-7,12H,4-5,8-11H2,1H3,(H,19,22). The van der Waals surface area contributed by atoms with Gasteiger partial charge in [0.2, 0.25) is 5.91 Å². The summed E-state index contributed by atoms with van der Waals surface area (Å²) in [6.07, 6.45) is 1.83. The van der Waals surface area contributed by atoms with Crippen LogP contribution in [0.1, 0.15) is 12.8 Å². The van der Waals surface area contributed by atoms with E-state index in [9.17, 15) is 14.4 Å². The molecule has 1 N–H and O–H groups in total. The number of carbonyl (C=O) groups excluding carboxylic acids is 2. The Bertz CT molecular complexity index is 892. The smallest absolute Gasteiger partial charge is 0.325 e. The predicted octanol–water partition coefficient (Wildman–Crippen LogP) is 0.957. The molecule has 0 aliphatic carbocycles. The summed E-state index contributed by atoms with van der Waals surface area (Å²) in [6, 6.07) is 7.13. The number of amides is 1. The minimum absolute atomic E-state index is 0.0295. The average molecular weight is 391 g/mol. The van der Waals surface area contributed by atoms with E-state index in [1.54, 1.807) is 22.8 Å². The summed E-state index contributed by atoms with van der Waals surface area (Å²) in [5, 5.41) is 3.47. The molecule has 1 aliphatic heterocycles. The molecule has 144 valence electrons. The van der Waals surface area contributed by atoms with Crippen molar-refractivity contribution >= 4 is 34.5 Å². The zero-order valence-electron chi connectivity index (χ0n) is 15.0. The van der Waals surface area contributed by atoms with Gasteiger partial charge in [-0.2, -0.15) is 0 Å². The van der Waals surface area contributed by atoms with E-state index in [1.807, 2.05) is 6.07 Å². The number of fused-ring (bicyclic) bond motifs is 1. The van der Waals surface area contributed by atoms with Crippen LogP contribution in [0.15, 0.2) is 34.2 Å². The van der Waals surface area contributed by atoms with Crippen molar-refractivity contribution in [1.29, 1.82) is 0 Å². The number of methoxy groups -OCH3 is 1. The van der Waals surface area contributed by atoms with Crippen molar-refractivity contribution in [3.8, 4) is 0 Å². The van der Waals surface area contributed by atoms with Crippen molar-refractivity contribution in [3.63, 3.8) is 0 Å². The van der Waals surface area contributed by atoms with Gasteiger partial charge in [-0.15, -0.1) is 0 Å². The fourth-order valence-electron chi connectivity index (χ4n) is 2.83. The quantitative estimate of drug-likeness (QED) is 0.426. The molecule has 0 saturated carbocycles. The van der Waals surface area contributed by atoms with Crippen molar-refractivity contribution in [3.05, 3.63) is 34.6 Å². The molecule has 1 atom stereocenters. The molecule has 1 aliphatic rings. The van der Waals surface area contributed by atoms with Crippen LogP contribution in [0.5, 0.6) is 0 Å². The lowest BCUT2D eigenvalue weighted by atomic mass is 10.2. The molecule has 0 radical (unpaired) electrons. The van der Waals surface area contributed by atoms with E-state index in [2.05, 4.69) is 15.0 Å². The molecule has 27 heavy (non-hydrogen) atoms. The lowest BCUT2D eigenvalue weighted by Crippen LogP contribution is -2.32. The number of esters is 1. The van der Waals surface area contributed by atoms with Crippen LogP contribution >= 0.6 is 11.8 Å². The number of nitrogens with one attached hydrogen (secondary N) is 1. The molecule has 2 aromatic rings. The number of hydrogen-bond donors (Lipinski definition) is 1. The zero-order valence-corrected chi connectivity index (χ0v) is 15.8. The molecule has 1 unspecified atom stereocenters. The van der Waals surface area contributed by atoms with Gasteiger partial charge in [-0.25, -0.2) is 4.98 Å². The molecule has 1 amide bonds. The van der Waals surface area contributed by atoms with Crippen molar-refractivity contribution < 1.29 is 19.1 Å². The van der Waals surface area contributed by atoms with E-state index in [1.165, 1.54) is 7.11 Å². The second-order valence-electron chi connectivity index (χ2n) is 6.10. The van der Waals surface area contributed by atoms with Gasteiger partial charge < -0.3 is 14.8 Å². The highest BCUT2D eigenvalue weighted by Gasteiger charge is 2.20. The van der Waals surface area contributed by atoms with Gasteiger partial charge >= 0.3 is 5.97 Å². The molecule has 2 heterocycles. The maximum absolute atomic E-state index is 12.9. The van der Waals surface area contributed by atoms with E-state index >= 15 is 0 Å². The Morgan fingerprint density at radius 2 is 2.22 bits per heavy atom. The third kappa shape index (κ3) is 4.86. The van der Waals surface area contributed by atoms with Gasteiger partial charge in [0.25, 0.3) is 5.56 Å². The Hall–Kier alpha value is -2.39. The van der Waals surface area contributed by atoms with E-state index in [0.29, 0.717) is 29.2 Å². The highest BCUT2D eigenvalue weighted by atomic mass is 32.2. The van der Waals surface area contributed by atoms with Crippen LogP contribution in [0.2, 0.25) is 0 Å². The van der Waals surface area contributed by atoms with Gasteiger partial charge in [-0.05, 0) is 25.0 Å². The van der Waals surface area contributed by atoms with Crippen LogP contribution < -0.4 is 10.9 Å². The summed E-state index contributed by atoms with van der Waals surface area (Å²) in [5.41, 5.74) is 0.442. The average Bonchev–Trinajstić information content (AvgIpc) is 3.20. The molecule has 0 spiro atoms. The number of para-hydroxylation sites is 1. The van der Waals surface area contributed by atoms with Crippen LogP contribution in [0.25, 0.3) is 10.9 Å². The third-order valence-electron chi connectivity index (χ3n) is 4.23. The maximum atomic E-state index is 12.9. The van der Waals surface area contributed by atoms with Crippen molar-refractivity contribution in [1.82, 2.24) is 14.9 Å². The summed E-state index contributed by atoms with van der Waals surface area (Å²) in [4.78, 5) is 40.6. The number of thioether (sulfide) groups is 1. The summed E-state index contributed by atoms with van der Waals surface area (Å²) >= 11 is 1.16. The van der Waals surface area contributed by atoms with Crippen LogP contribution in [-0.4, -0.2) is 53.5 Å². The van der Waals surface area contributed by atoms with Gasteiger partial charge in [0.1, 0.15) is 6.54 Å². The fourth-order valence-corrected chi connectivity index (χ4v) is 3.67. The first-order valence-corrected chi connectivity index (χ1v) is 9.64. The lowest BCUT2D eigenvalue weighted by molar-refractivity contribution is -0.140. The zero-order chi connectivity index (χ0) is 19.2. The topological polar surface area (TPSA) is 99.5 Å². The summed E-state index contributed by atoms with van der Waals surface area (Å²) in [5.74, 6) is -0.822. The van der Waals surface area contributed by atoms with Crippen LogP contribution in [0, 0.1) is 0 Å². The van der Waals surface area contributed by atoms with Gasteiger partial charge in [-0.1, -0.05) is 23.9 Å². The van der Waals surface area contributed by atoms with Gasteiger partial charge in [-0.3, -0.25) is 19.0 Å². The Morgan fingerprint density at radius 1 is 1.41 bits per heavy atom. The second-order valence-corrected chi connectivity index (χ2v) is 7.05. The van der Waals surface area contributed by atoms with E-state index in [4.69, 9.17) is 4.74 Å². The van der Waals surface area contributed by atoms with Crippen molar-refractivity contribution in [2.24, 2.45) is 0 Å². The van der Waals surface area contributed by atoms with Crippen molar-refractivity contribution in [2.75, 3.05) is 26.0 Å². The Kier molecular flexibility index (Phi) is 6.46. The number of aromatic nitrogens is 2. The third-order valence-corrected chi connectivity index (χ3v) is 5.20. The first kappa shape index (κ1) is 19.4. The van der Waals surface area contributed by atoms with E-state index in [0.717, 1.165) is 24.6 Å². The lowest BCUT2D eigenvalue weighted by Gasteiger charge is -2.16. The number of carbonyl (C=O) groups is 2. The number of ether oxygens (including phenoxy) is 2.